The molecule has 1 aliphatic rings. The first kappa shape index (κ1) is 10.1. The van der Waals surface area contributed by atoms with Crippen molar-refractivity contribution in [3.63, 3.8) is 0 Å². The first-order valence-corrected chi connectivity index (χ1v) is 5.80. The molecule has 0 bridgehead atoms. The molecule has 2 N–H and O–H groups in total. The number of nitrogens with zero attached hydrogens (tertiary/aromatic N) is 3. The van der Waals surface area contributed by atoms with Crippen LogP contribution in [0.4, 0.5) is 0 Å². The Kier molecular flexibility index (Phi) is 2.88. The van der Waals surface area contributed by atoms with Crippen molar-refractivity contribution < 1.29 is 0 Å². The normalized spacial score (nSPS) is 27.9. The Labute approximate surface area is 92.0 Å². The zero-order valence-corrected chi connectivity index (χ0v) is 9.87. The van der Waals surface area contributed by atoms with Crippen LogP contribution in [0.3, 0.4) is 0 Å². The fourth-order valence-corrected chi connectivity index (χ4v) is 2.85. The third-order valence-electron chi connectivity index (χ3n) is 3.00. The largest absolute Gasteiger partial charge is 0.327 e. The molecule has 0 amide bonds. The lowest BCUT2D eigenvalue weighted by Crippen LogP contribution is -2.32. The van der Waals surface area contributed by atoms with Gasteiger partial charge in [0.05, 0.1) is 5.69 Å². The summed E-state index contributed by atoms with van der Waals surface area (Å²) in [7, 11) is 1.93. The minimum absolute atomic E-state index is 0.261. The van der Waals surface area contributed by atoms with Crippen molar-refractivity contribution in [3.8, 4) is 0 Å². The fourth-order valence-electron chi connectivity index (χ4n) is 2.23. The number of aryl methyl sites for hydroxylation is 1. The number of aromatic nitrogens is 3. The number of rotatable bonds is 1. The van der Waals surface area contributed by atoms with Crippen molar-refractivity contribution in [2.45, 2.75) is 37.6 Å². The summed E-state index contributed by atoms with van der Waals surface area (Å²) in [6.07, 6.45) is 4.78. The molecule has 1 aliphatic carbocycles. The van der Waals surface area contributed by atoms with E-state index in [9.17, 15) is 0 Å². The lowest BCUT2D eigenvalue weighted by atomic mass is 9.83. The van der Waals surface area contributed by atoms with Gasteiger partial charge in [-0.05, 0) is 28.8 Å². The molecular weight excluding hydrogens is 244 g/mol. The monoisotopic (exact) mass is 258 g/mol. The molecular formula is C9H15BrN4. The molecule has 2 rings (SSSR count). The van der Waals surface area contributed by atoms with Gasteiger partial charge in [-0.1, -0.05) is 18.1 Å². The fraction of sp³-hybridized carbons (Fsp3) is 0.778. The maximum Gasteiger partial charge on any atom is 0.151 e. The maximum atomic E-state index is 6.12. The second-order valence-corrected chi connectivity index (χ2v) is 4.70. The molecule has 0 saturated heterocycles. The minimum atomic E-state index is 0.261. The van der Waals surface area contributed by atoms with Gasteiger partial charge in [-0.3, -0.25) is 4.68 Å². The van der Waals surface area contributed by atoms with Gasteiger partial charge in [-0.2, -0.15) is 0 Å². The van der Waals surface area contributed by atoms with Crippen LogP contribution >= 0.6 is 15.9 Å². The minimum Gasteiger partial charge on any atom is -0.327 e. The van der Waals surface area contributed by atoms with Gasteiger partial charge in [0.15, 0.2) is 4.60 Å². The van der Waals surface area contributed by atoms with Gasteiger partial charge in [0.2, 0.25) is 0 Å². The van der Waals surface area contributed by atoms with E-state index in [2.05, 4.69) is 26.2 Å². The van der Waals surface area contributed by atoms with Gasteiger partial charge >= 0.3 is 0 Å². The Morgan fingerprint density at radius 2 is 2.14 bits per heavy atom. The van der Waals surface area contributed by atoms with Crippen molar-refractivity contribution in [1.29, 1.82) is 0 Å². The smallest absolute Gasteiger partial charge is 0.151 e. The number of hydrogen-bond donors (Lipinski definition) is 1. The summed E-state index contributed by atoms with van der Waals surface area (Å²) in [4.78, 5) is 0. The zero-order valence-electron chi connectivity index (χ0n) is 8.28. The van der Waals surface area contributed by atoms with Crippen LogP contribution in [0, 0.1) is 0 Å². The van der Waals surface area contributed by atoms with E-state index in [1.165, 1.54) is 12.8 Å². The molecule has 2 unspecified atom stereocenters. The summed E-state index contributed by atoms with van der Waals surface area (Å²) in [5.74, 6) is 0.415. The van der Waals surface area contributed by atoms with Gasteiger partial charge in [0, 0.05) is 19.0 Å². The molecule has 2 atom stereocenters. The van der Waals surface area contributed by atoms with Crippen molar-refractivity contribution >= 4 is 15.9 Å². The molecule has 0 radical (unpaired) electrons. The summed E-state index contributed by atoms with van der Waals surface area (Å²) in [5, 5.41) is 7.99. The molecule has 1 saturated carbocycles. The predicted molar refractivity (Wildman–Crippen MR) is 57.9 cm³/mol. The summed E-state index contributed by atoms with van der Waals surface area (Å²) in [6.45, 7) is 0. The second kappa shape index (κ2) is 3.98. The van der Waals surface area contributed by atoms with E-state index in [0.29, 0.717) is 5.92 Å². The number of halogens is 1. The van der Waals surface area contributed by atoms with Gasteiger partial charge in [-0.15, -0.1) is 5.10 Å². The predicted octanol–water partition coefficient (Wildman–Crippen LogP) is 1.56. The Balaban J connectivity index is 2.28. The second-order valence-electron chi connectivity index (χ2n) is 3.94. The standard InChI is InChI=1S/C9H15BrN4/c1-14-8(9(10)12-13-14)6-4-2-3-5-7(6)11/h6-7H,2-5,11H2,1H3. The Hall–Kier alpha value is -0.420. The first-order chi connectivity index (χ1) is 6.70. The SMILES string of the molecule is Cn1nnc(Br)c1C1CCCCC1N. The molecule has 1 aromatic rings. The van der Waals surface area contributed by atoms with Crippen LogP contribution in [0.25, 0.3) is 0 Å². The highest BCUT2D eigenvalue weighted by Gasteiger charge is 2.28. The third kappa shape index (κ3) is 1.70. The number of nitrogens with two attached hydrogens (primary N) is 1. The van der Waals surface area contributed by atoms with Crippen LogP contribution in [-0.4, -0.2) is 21.0 Å². The Bertz CT molecular complexity index is 303. The zero-order chi connectivity index (χ0) is 10.1. The van der Waals surface area contributed by atoms with E-state index in [1.807, 2.05) is 11.7 Å². The molecule has 14 heavy (non-hydrogen) atoms. The molecule has 1 aromatic heterocycles. The van der Waals surface area contributed by atoms with Crippen LogP contribution in [0.15, 0.2) is 4.60 Å². The van der Waals surface area contributed by atoms with Crippen molar-refractivity contribution in [2.24, 2.45) is 12.8 Å². The van der Waals surface area contributed by atoms with Crippen molar-refractivity contribution in [1.82, 2.24) is 15.0 Å². The lowest BCUT2D eigenvalue weighted by molar-refractivity contribution is 0.369. The quantitative estimate of drug-likeness (QED) is 0.832. The highest BCUT2D eigenvalue weighted by atomic mass is 79.9. The average molecular weight is 259 g/mol. The van der Waals surface area contributed by atoms with E-state index in [1.54, 1.807) is 0 Å². The first-order valence-electron chi connectivity index (χ1n) is 5.01. The molecule has 0 spiro atoms. The van der Waals surface area contributed by atoms with Crippen molar-refractivity contribution in [3.05, 3.63) is 10.3 Å². The van der Waals surface area contributed by atoms with Gasteiger partial charge < -0.3 is 5.73 Å². The van der Waals surface area contributed by atoms with Crippen LogP contribution < -0.4 is 5.73 Å². The number of hydrogen-bond acceptors (Lipinski definition) is 3. The van der Waals surface area contributed by atoms with Crippen LogP contribution in [0.2, 0.25) is 0 Å². The molecule has 1 fully saturated rings. The van der Waals surface area contributed by atoms with E-state index < -0.39 is 0 Å². The molecule has 0 aromatic carbocycles. The highest BCUT2D eigenvalue weighted by Crippen LogP contribution is 2.34. The summed E-state index contributed by atoms with van der Waals surface area (Å²) in [6, 6.07) is 0.261. The van der Waals surface area contributed by atoms with E-state index >= 15 is 0 Å². The van der Waals surface area contributed by atoms with Gasteiger partial charge in [0.25, 0.3) is 0 Å². The molecule has 0 aliphatic heterocycles. The Morgan fingerprint density at radius 1 is 1.43 bits per heavy atom. The maximum absolute atomic E-state index is 6.12. The Morgan fingerprint density at radius 3 is 2.71 bits per heavy atom. The lowest BCUT2D eigenvalue weighted by Gasteiger charge is -2.28. The summed E-state index contributed by atoms with van der Waals surface area (Å²) < 4.78 is 2.68. The van der Waals surface area contributed by atoms with Crippen LogP contribution in [0.5, 0.6) is 0 Å². The van der Waals surface area contributed by atoms with Gasteiger partial charge in [0.1, 0.15) is 0 Å². The highest BCUT2D eigenvalue weighted by molar-refractivity contribution is 9.10. The van der Waals surface area contributed by atoms with E-state index in [-0.39, 0.29) is 6.04 Å². The van der Waals surface area contributed by atoms with Crippen LogP contribution in [-0.2, 0) is 7.05 Å². The van der Waals surface area contributed by atoms with Crippen LogP contribution in [0.1, 0.15) is 37.3 Å². The van der Waals surface area contributed by atoms with E-state index in [0.717, 1.165) is 23.1 Å². The van der Waals surface area contributed by atoms with Crippen molar-refractivity contribution in [2.75, 3.05) is 0 Å². The molecule has 1 heterocycles. The molecule has 4 nitrogen and oxygen atoms in total. The summed E-state index contributed by atoms with van der Waals surface area (Å²) >= 11 is 3.43. The summed E-state index contributed by atoms with van der Waals surface area (Å²) in [5.41, 5.74) is 7.27. The molecule has 5 heteroatoms. The third-order valence-corrected chi connectivity index (χ3v) is 3.56. The molecule has 78 valence electrons. The van der Waals surface area contributed by atoms with Gasteiger partial charge in [-0.25, -0.2) is 0 Å². The topological polar surface area (TPSA) is 56.7 Å². The average Bonchev–Trinajstić information content (AvgIpc) is 2.48. The van der Waals surface area contributed by atoms with E-state index in [4.69, 9.17) is 5.73 Å².